The lowest BCUT2D eigenvalue weighted by atomic mass is 10.1. The molecule has 24 heavy (non-hydrogen) atoms. The van der Waals surface area contributed by atoms with Crippen molar-refractivity contribution in [3.63, 3.8) is 0 Å². The monoisotopic (exact) mass is 339 g/mol. The second-order valence-corrected chi connectivity index (χ2v) is 5.59. The Labute approximate surface area is 140 Å². The van der Waals surface area contributed by atoms with E-state index in [0.717, 1.165) is 0 Å². The van der Waals surface area contributed by atoms with E-state index in [0.29, 0.717) is 27.3 Å². The summed E-state index contributed by atoms with van der Waals surface area (Å²) in [5.41, 5.74) is 0.659. The van der Waals surface area contributed by atoms with Crippen LogP contribution in [0.5, 0.6) is 5.75 Å². The van der Waals surface area contributed by atoms with Gasteiger partial charge in [-0.1, -0.05) is 28.9 Å². The van der Waals surface area contributed by atoms with Crippen LogP contribution in [-0.4, -0.2) is 20.2 Å². The number of nitrogens with zero attached hydrogens (tertiary/aromatic N) is 2. The molecule has 6 nitrogen and oxygen atoms in total. The molecule has 118 valence electrons. The molecule has 0 aliphatic carbocycles. The second kappa shape index (κ2) is 5.50. The average molecular weight is 340 g/mol. The number of para-hydroxylation sites is 1. The van der Waals surface area contributed by atoms with Crippen molar-refractivity contribution in [3.05, 3.63) is 63.9 Å². The Morgan fingerprint density at radius 2 is 1.83 bits per heavy atom. The molecule has 0 radical (unpaired) electrons. The Balaban J connectivity index is 1.87. The molecule has 0 unspecified atom stereocenters. The summed E-state index contributed by atoms with van der Waals surface area (Å²) in [5.74, 6) is 0.0544. The van der Waals surface area contributed by atoms with Crippen molar-refractivity contribution in [3.8, 4) is 28.6 Å². The highest BCUT2D eigenvalue weighted by molar-refractivity contribution is 6.30. The van der Waals surface area contributed by atoms with Gasteiger partial charge in [-0.25, -0.2) is 0 Å². The lowest BCUT2D eigenvalue weighted by Crippen LogP contribution is -2.09. The van der Waals surface area contributed by atoms with E-state index in [4.69, 9.17) is 16.1 Å². The summed E-state index contributed by atoms with van der Waals surface area (Å²) in [5, 5.41) is 15.4. The Morgan fingerprint density at radius 3 is 2.62 bits per heavy atom. The number of benzene rings is 2. The topological polar surface area (TPSA) is 92.0 Å². The van der Waals surface area contributed by atoms with Gasteiger partial charge in [-0.2, -0.15) is 4.98 Å². The molecule has 0 fully saturated rings. The average Bonchev–Trinajstić information content (AvgIpc) is 3.05. The minimum atomic E-state index is -0.502. The van der Waals surface area contributed by atoms with Gasteiger partial charge >= 0.3 is 0 Å². The number of fused-ring (bicyclic) bond motifs is 1. The van der Waals surface area contributed by atoms with Crippen LogP contribution >= 0.6 is 11.6 Å². The van der Waals surface area contributed by atoms with Crippen LogP contribution < -0.4 is 5.56 Å². The molecular formula is C17H10ClN3O3. The summed E-state index contributed by atoms with van der Waals surface area (Å²) in [4.78, 5) is 19.2. The van der Waals surface area contributed by atoms with Gasteiger partial charge in [0.1, 0.15) is 11.3 Å². The van der Waals surface area contributed by atoms with Gasteiger partial charge in [0, 0.05) is 16.0 Å². The van der Waals surface area contributed by atoms with Crippen molar-refractivity contribution < 1.29 is 9.63 Å². The minimum absolute atomic E-state index is 0.0514. The molecule has 2 N–H and O–H groups in total. The van der Waals surface area contributed by atoms with Gasteiger partial charge in [0.2, 0.25) is 5.82 Å². The molecular weight excluding hydrogens is 330 g/mol. The normalized spacial score (nSPS) is 11.0. The van der Waals surface area contributed by atoms with E-state index in [2.05, 4.69) is 15.1 Å². The summed E-state index contributed by atoms with van der Waals surface area (Å²) in [6.07, 6.45) is 0. The third kappa shape index (κ3) is 2.33. The first-order valence-electron chi connectivity index (χ1n) is 7.07. The third-order valence-corrected chi connectivity index (χ3v) is 3.89. The number of H-pyrrole nitrogens is 1. The van der Waals surface area contributed by atoms with Crippen LogP contribution in [0.1, 0.15) is 0 Å². The third-order valence-electron chi connectivity index (χ3n) is 3.64. The number of aromatic amines is 1. The number of halogens is 1. The summed E-state index contributed by atoms with van der Waals surface area (Å²) < 4.78 is 5.17. The molecule has 0 saturated heterocycles. The number of aromatic nitrogens is 3. The van der Waals surface area contributed by atoms with Gasteiger partial charge in [-0.05, 0) is 36.4 Å². The highest BCUT2D eigenvalue weighted by atomic mass is 35.5. The van der Waals surface area contributed by atoms with Crippen LogP contribution in [0.4, 0.5) is 0 Å². The molecule has 7 heteroatoms. The van der Waals surface area contributed by atoms with E-state index < -0.39 is 5.56 Å². The van der Waals surface area contributed by atoms with Crippen LogP contribution in [-0.2, 0) is 0 Å². The van der Waals surface area contributed by atoms with Gasteiger partial charge in [-0.3, -0.25) is 4.79 Å². The molecule has 0 amide bonds. The Hall–Kier alpha value is -3.12. The zero-order valence-electron chi connectivity index (χ0n) is 12.2. The van der Waals surface area contributed by atoms with Crippen LogP contribution in [0, 0.1) is 0 Å². The van der Waals surface area contributed by atoms with E-state index in [-0.39, 0.29) is 17.2 Å². The van der Waals surface area contributed by atoms with E-state index in [1.165, 1.54) is 0 Å². The van der Waals surface area contributed by atoms with Gasteiger partial charge in [0.05, 0.1) is 5.52 Å². The molecule has 0 bridgehead atoms. The lowest BCUT2D eigenvalue weighted by molar-refractivity contribution is 0.426. The summed E-state index contributed by atoms with van der Waals surface area (Å²) in [6.45, 7) is 0. The molecule has 0 aliphatic heterocycles. The van der Waals surface area contributed by atoms with Crippen molar-refractivity contribution in [1.82, 2.24) is 15.1 Å². The standard InChI is InChI=1S/C17H10ClN3O3/c18-10-7-5-9(6-8-10)15-20-17(24-21-15)13-14(22)11-3-1-2-4-12(11)19-16(13)23/h1-8H,(H2,19,22,23). The largest absolute Gasteiger partial charge is 0.506 e. The molecule has 0 aliphatic rings. The predicted molar refractivity (Wildman–Crippen MR) is 90.0 cm³/mol. The quantitative estimate of drug-likeness (QED) is 0.582. The van der Waals surface area contributed by atoms with E-state index in [9.17, 15) is 9.90 Å². The zero-order chi connectivity index (χ0) is 16.7. The van der Waals surface area contributed by atoms with Crippen molar-refractivity contribution in [2.75, 3.05) is 0 Å². The maximum atomic E-state index is 12.3. The number of rotatable bonds is 2. The maximum absolute atomic E-state index is 12.3. The van der Waals surface area contributed by atoms with Crippen LogP contribution in [0.25, 0.3) is 33.7 Å². The van der Waals surface area contributed by atoms with Gasteiger partial charge in [0.25, 0.3) is 11.4 Å². The van der Waals surface area contributed by atoms with Crippen molar-refractivity contribution >= 4 is 22.5 Å². The SMILES string of the molecule is O=c1[nH]c2ccccc2c(O)c1-c1nc(-c2ccc(Cl)cc2)no1. The first-order valence-corrected chi connectivity index (χ1v) is 7.45. The fourth-order valence-electron chi connectivity index (χ4n) is 2.47. The molecule has 2 aromatic heterocycles. The fourth-order valence-corrected chi connectivity index (χ4v) is 2.59. The van der Waals surface area contributed by atoms with Crippen molar-refractivity contribution in [1.29, 1.82) is 0 Å². The Bertz CT molecular complexity index is 1100. The van der Waals surface area contributed by atoms with Crippen molar-refractivity contribution in [2.24, 2.45) is 0 Å². The second-order valence-electron chi connectivity index (χ2n) is 5.15. The Morgan fingerprint density at radius 1 is 1.08 bits per heavy atom. The molecule has 0 atom stereocenters. The lowest BCUT2D eigenvalue weighted by Gasteiger charge is -2.03. The number of pyridine rings is 1. The van der Waals surface area contributed by atoms with Crippen LogP contribution in [0.3, 0.4) is 0 Å². The molecule has 4 aromatic rings. The summed E-state index contributed by atoms with van der Waals surface area (Å²) in [6, 6.07) is 13.8. The Kier molecular flexibility index (Phi) is 3.32. The smallest absolute Gasteiger partial charge is 0.267 e. The summed E-state index contributed by atoms with van der Waals surface area (Å²) in [7, 11) is 0. The number of hydrogen-bond donors (Lipinski definition) is 2. The number of nitrogens with one attached hydrogen (secondary N) is 1. The predicted octanol–water partition coefficient (Wildman–Crippen LogP) is 3.60. The van der Waals surface area contributed by atoms with Gasteiger partial charge in [0.15, 0.2) is 0 Å². The first kappa shape index (κ1) is 14.5. The zero-order valence-corrected chi connectivity index (χ0v) is 12.9. The van der Waals surface area contributed by atoms with Gasteiger partial charge in [-0.15, -0.1) is 0 Å². The minimum Gasteiger partial charge on any atom is -0.506 e. The molecule has 0 spiro atoms. The highest BCUT2D eigenvalue weighted by Gasteiger charge is 2.20. The van der Waals surface area contributed by atoms with E-state index in [1.54, 1.807) is 48.5 Å². The highest BCUT2D eigenvalue weighted by Crippen LogP contribution is 2.31. The van der Waals surface area contributed by atoms with Crippen LogP contribution in [0.15, 0.2) is 57.8 Å². The summed E-state index contributed by atoms with van der Waals surface area (Å²) >= 11 is 5.85. The maximum Gasteiger partial charge on any atom is 0.267 e. The number of hydrogen-bond acceptors (Lipinski definition) is 5. The molecule has 4 rings (SSSR count). The van der Waals surface area contributed by atoms with Crippen molar-refractivity contribution in [2.45, 2.75) is 0 Å². The van der Waals surface area contributed by atoms with E-state index in [1.807, 2.05) is 0 Å². The molecule has 2 aromatic carbocycles. The first-order chi connectivity index (χ1) is 11.6. The van der Waals surface area contributed by atoms with Gasteiger partial charge < -0.3 is 14.6 Å². The van der Waals surface area contributed by atoms with Crippen LogP contribution in [0.2, 0.25) is 5.02 Å². The fraction of sp³-hybridized carbons (Fsp3) is 0. The number of aromatic hydroxyl groups is 1. The molecule has 2 heterocycles. The van der Waals surface area contributed by atoms with E-state index >= 15 is 0 Å². The molecule has 0 saturated carbocycles.